The second-order valence-electron chi connectivity index (χ2n) is 11.6. The molecule has 3 rings (SSSR count). The van der Waals surface area contributed by atoms with Gasteiger partial charge in [-0.25, -0.2) is 18.8 Å². The second kappa shape index (κ2) is 16.6. The molecule has 0 aliphatic carbocycles. The first-order chi connectivity index (χ1) is 22.3. The van der Waals surface area contributed by atoms with E-state index < -0.39 is 59.6 Å². The third-order valence-corrected chi connectivity index (χ3v) is 7.67. The van der Waals surface area contributed by atoms with Crippen molar-refractivity contribution in [3.8, 4) is 17.2 Å². The number of ether oxygens (including phenoxy) is 5. The normalized spacial score (nSPS) is 15.2. The van der Waals surface area contributed by atoms with Crippen molar-refractivity contribution in [3.05, 3.63) is 66.0 Å². The molecule has 254 valence electrons. The van der Waals surface area contributed by atoms with E-state index in [1.807, 2.05) is 6.07 Å². The lowest BCUT2D eigenvalue weighted by molar-refractivity contribution is -0.165. The Kier molecular flexibility index (Phi) is 12.9. The zero-order valence-electron chi connectivity index (χ0n) is 26.9. The molecule has 47 heavy (non-hydrogen) atoms. The van der Waals surface area contributed by atoms with Gasteiger partial charge in [0, 0.05) is 12.6 Å². The highest BCUT2D eigenvalue weighted by Crippen LogP contribution is 2.33. The van der Waals surface area contributed by atoms with Crippen LogP contribution in [-0.2, 0) is 39.9 Å². The summed E-state index contributed by atoms with van der Waals surface area (Å²) in [6, 6.07) is 7.98. The maximum atomic E-state index is 14.5. The van der Waals surface area contributed by atoms with Gasteiger partial charge in [0.2, 0.25) is 5.78 Å². The van der Waals surface area contributed by atoms with Crippen molar-refractivity contribution in [1.29, 1.82) is 0 Å². The van der Waals surface area contributed by atoms with E-state index in [1.165, 1.54) is 45.1 Å². The van der Waals surface area contributed by atoms with E-state index >= 15 is 0 Å². The number of hydrogen-bond donors (Lipinski definition) is 1. The van der Waals surface area contributed by atoms with Crippen LogP contribution in [0.2, 0.25) is 0 Å². The maximum absolute atomic E-state index is 14.5. The van der Waals surface area contributed by atoms with Gasteiger partial charge in [-0.05, 0) is 81.3 Å². The molecule has 1 heterocycles. The Morgan fingerprint density at radius 2 is 1.77 bits per heavy atom. The van der Waals surface area contributed by atoms with Crippen LogP contribution in [0.5, 0.6) is 17.2 Å². The Bertz CT molecular complexity index is 1490. The van der Waals surface area contributed by atoms with E-state index in [0.29, 0.717) is 36.3 Å². The maximum Gasteiger partial charge on any atom is 0.341 e. The van der Waals surface area contributed by atoms with Crippen LogP contribution in [0.15, 0.2) is 49.1 Å². The largest absolute Gasteiger partial charge is 0.493 e. The number of carboxylic acids is 1. The van der Waals surface area contributed by atoms with Crippen LogP contribution in [0.4, 0.5) is 4.39 Å². The first kappa shape index (κ1) is 36.5. The lowest BCUT2D eigenvalue weighted by Crippen LogP contribution is -2.53. The van der Waals surface area contributed by atoms with Crippen LogP contribution in [0, 0.1) is 11.2 Å². The molecular formula is C34H40FNO11. The molecule has 0 bridgehead atoms. The average molecular weight is 658 g/mol. The van der Waals surface area contributed by atoms with Crippen molar-refractivity contribution in [1.82, 2.24) is 4.90 Å². The highest BCUT2D eigenvalue weighted by Gasteiger charge is 2.42. The molecule has 0 aromatic heterocycles. The number of ketones is 1. The van der Waals surface area contributed by atoms with Gasteiger partial charge in [0.25, 0.3) is 5.91 Å². The summed E-state index contributed by atoms with van der Waals surface area (Å²) in [5.74, 6) is -4.67. The Morgan fingerprint density at radius 3 is 2.43 bits per heavy atom. The molecule has 1 amide bonds. The number of aliphatic carboxylic acids is 1. The SMILES string of the molecule is C=CC(=O)OCC(C)(C)C(=O)C(=O)N1CCCC[C@H]1C(=O)OC(CCc1ccc(OC)c(OC)c1)c1ccc(F)c(OCC(=O)O)c1. The summed E-state index contributed by atoms with van der Waals surface area (Å²) in [5, 5.41) is 9.00. The van der Waals surface area contributed by atoms with Crippen molar-refractivity contribution in [2.75, 3.05) is 34.0 Å². The third kappa shape index (κ3) is 9.77. The Morgan fingerprint density at radius 1 is 1.04 bits per heavy atom. The molecule has 0 saturated carbocycles. The van der Waals surface area contributed by atoms with Crippen molar-refractivity contribution in [3.63, 3.8) is 0 Å². The molecule has 1 aliphatic heterocycles. The van der Waals surface area contributed by atoms with Crippen molar-refractivity contribution >= 4 is 29.6 Å². The van der Waals surface area contributed by atoms with Crippen LogP contribution in [-0.4, -0.2) is 79.6 Å². The number of likely N-dealkylation sites (tertiary alicyclic amines) is 1. The number of Topliss-reactive ketones (excluding diaryl/α,β-unsaturated/α-hetero) is 1. The minimum absolute atomic E-state index is 0.132. The number of piperidine rings is 1. The van der Waals surface area contributed by atoms with Gasteiger partial charge in [-0.15, -0.1) is 0 Å². The van der Waals surface area contributed by atoms with Crippen LogP contribution < -0.4 is 14.2 Å². The molecule has 13 heteroatoms. The van der Waals surface area contributed by atoms with Gasteiger partial charge in [-0.2, -0.15) is 0 Å². The minimum Gasteiger partial charge on any atom is -0.493 e. The number of amides is 1. The van der Waals surface area contributed by atoms with Gasteiger partial charge in [-0.3, -0.25) is 9.59 Å². The molecule has 1 N–H and O–H groups in total. The molecule has 1 fully saturated rings. The van der Waals surface area contributed by atoms with Gasteiger partial charge in [-0.1, -0.05) is 18.7 Å². The third-order valence-electron chi connectivity index (χ3n) is 7.67. The van der Waals surface area contributed by atoms with Crippen LogP contribution in [0.1, 0.15) is 56.8 Å². The lowest BCUT2D eigenvalue weighted by Gasteiger charge is -2.36. The molecule has 12 nitrogen and oxygen atoms in total. The predicted octanol–water partition coefficient (Wildman–Crippen LogP) is 4.23. The number of carbonyl (C=O) groups is 5. The molecule has 0 radical (unpaired) electrons. The second-order valence-corrected chi connectivity index (χ2v) is 11.6. The quantitative estimate of drug-likeness (QED) is 0.157. The fourth-order valence-corrected chi connectivity index (χ4v) is 5.03. The van der Waals surface area contributed by atoms with Crippen molar-refractivity contribution in [2.24, 2.45) is 5.41 Å². The minimum atomic E-state index is -1.37. The number of methoxy groups -OCH3 is 2. The first-order valence-electron chi connectivity index (χ1n) is 15.0. The number of carbonyl (C=O) groups excluding carboxylic acids is 4. The molecule has 2 aromatic rings. The van der Waals surface area contributed by atoms with E-state index in [9.17, 15) is 28.4 Å². The number of rotatable bonds is 16. The Hall–Kier alpha value is -4.94. The summed E-state index contributed by atoms with van der Waals surface area (Å²) in [7, 11) is 3.01. The standard InChI is InChI=1S/C34H40FNO11/c1-6-30(39)46-20-34(2,3)31(40)32(41)36-16-8-7-9-24(36)33(42)47-25(14-10-21-11-15-26(43-4)28(17-21)44-5)22-12-13-23(35)27(18-22)45-19-29(37)38/h6,11-13,15,17-18,24-25H,1,7-10,14,16,19-20H2,2-5H3,(H,37,38)/t24-,25?/m0/s1. The molecule has 1 unspecified atom stereocenters. The number of hydrogen-bond acceptors (Lipinski definition) is 10. The highest BCUT2D eigenvalue weighted by atomic mass is 19.1. The molecule has 1 aliphatic rings. The molecule has 2 atom stereocenters. The van der Waals surface area contributed by atoms with E-state index in [4.69, 9.17) is 28.8 Å². The summed E-state index contributed by atoms with van der Waals surface area (Å²) in [6.45, 7) is 5.22. The zero-order chi connectivity index (χ0) is 34.7. The number of halogens is 1. The first-order valence-corrected chi connectivity index (χ1v) is 15.0. The van der Waals surface area contributed by atoms with Crippen LogP contribution >= 0.6 is 0 Å². The summed E-state index contributed by atoms with van der Waals surface area (Å²) >= 11 is 0. The van der Waals surface area contributed by atoms with Gasteiger partial charge in [0.05, 0.1) is 19.6 Å². The monoisotopic (exact) mass is 657 g/mol. The molecule has 2 aromatic carbocycles. The van der Waals surface area contributed by atoms with Gasteiger partial charge >= 0.3 is 17.9 Å². The number of aryl methyl sites for hydroxylation is 1. The van der Waals surface area contributed by atoms with Gasteiger partial charge in [0.1, 0.15) is 18.8 Å². The van der Waals surface area contributed by atoms with Crippen LogP contribution in [0.3, 0.4) is 0 Å². The smallest absolute Gasteiger partial charge is 0.341 e. The van der Waals surface area contributed by atoms with E-state index in [2.05, 4.69) is 6.58 Å². The highest BCUT2D eigenvalue weighted by molar-refractivity contribution is 6.38. The lowest BCUT2D eigenvalue weighted by atomic mass is 9.87. The fraction of sp³-hybridized carbons (Fsp3) is 0.441. The van der Waals surface area contributed by atoms with Crippen LogP contribution in [0.25, 0.3) is 0 Å². The van der Waals surface area contributed by atoms with Crippen molar-refractivity contribution in [2.45, 2.75) is 58.1 Å². The molecular weight excluding hydrogens is 617 g/mol. The van der Waals surface area contributed by atoms with E-state index in [-0.39, 0.29) is 31.7 Å². The topological polar surface area (TPSA) is 155 Å². The number of esters is 2. The number of carboxylic acid groups (broad SMARTS) is 1. The fourth-order valence-electron chi connectivity index (χ4n) is 5.03. The summed E-state index contributed by atoms with van der Waals surface area (Å²) < 4.78 is 41.3. The Balaban J connectivity index is 1.88. The summed E-state index contributed by atoms with van der Waals surface area (Å²) in [5.41, 5.74) is -0.229. The average Bonchev–Trinajstić information content (AvgIpc) is 3.07. The summed E-state index contributed by atoms with van der Waals surface area (Å²) in [6.07, 6.45) is 1.92. The van der Waals surface area contributed by atoms with E-state index in [1.54, 1.807) is 12.1 Å². The zero-order valence-corrected chi connectivity index (χ0v) is 26.9. The molecule has 1 saturated heterocycles. The Labute approximate surface area is 272 Å². The predicted molar refractivity (Wildman–Crippen MR) is 166 cm³/mol. The van der Waals surface area contributed by atoms with Gasteiger partial charge in [0.15, 0.2) is 29.7 Å². The summed E-state index contributed by atoms with van der Waals surface area (Å²) in [4.78, 5) is 64.2. The number of nitrogens with zero attached hydrogens (tertiary/aromatic N) is 1. The van der Waals surface area contributed by atoms with Gasteiger partial charge < -0.3 is 33.7 Å². The van der Waals surface area contributed by atoms with Crippen molar-refractivity contribution < 1.29 is 57.2 Å². The van der Waals surface area contributed by atoms with E-state index in [0.717, 1.165) is 17.7 Å². The molecule has 0 spiro atoms. The number of benzene rings is 2.